The highest BCUT2D eigenvalue weighted by molar-refractivity contribution is 7.71. The Morgan fingerprint density at radius 3 is 2.52 bits per heavy atom. The van der Waals surface area contributed by atoms with E-state index >= 15 is 0 Å². The first-order valence-electron chi connectivity index (χ1n) is 10.2. The Balaban J connectivity index is 1.55. The monoisotopic (exact) mass is 419 g/mol. The van der Waals surface area contributed by atoms with E-state index in [0.717, 1.165) is 49.1 Å². The molecule has 29 heavy (non-hydrogen) atoms. The van der Waals surface area contributed by atoms with Gasteiger partial charge in [-0.2, -0.15) is 0 Å². The average Bonchev–Trinajstić information content (AvgIpc) is 3.02. The summed E-state index contributed by atoms with van der Waals surface area (Å²) in [6.45, 7) is 11.5. The number of piperazine rings is 1. The van der Waals surface area contributed by atoms with Gasteiger partial charge < -0.3 is 19.9 Å². The third-order valence-electron chi connectivity index (χ3n) is 5.16. The van der Waals surface area contributed by atoms with Crippen molar-refractivity contribution in [2.24, 2.45) is 0 Å². The van der Waals surface area contributed by atoms with Crippen molar-refractivity contribution in [1.82, 2.24) is 14.5 Å². The van der Waals surface area contributed by atoms with Gasteiger partial charge in [0.15, 0.2) is 18.0 Å². The number of imidazole rings is 1. The number of carbonyl (C=O) groups is 1. The molecule has 7 nitrogen and oxygen atoms in total. The lowest BCUT2D eigenvalue weighted by molar-refractivity contribution is -1.02. The Bertz CT molecular complexity index is 891. The lowest BCUT2D eigenvalue weighted by Crippen LogP contribution is -3.28. The molecule has 2 heterocycles. The van der Waals surface area contributed by atoms with Gasteiger partial charge in [0.2, 0.25) is 0 Å². The largest absolute Gasteiger partial charge is 0.497 e. The van der Waals surface area contributed by atoms with Gasteiger partial charge in [0.05, 0.1) is 12.8 Å². The van der Waals surface area contributed by atoms with E-state index in [1.807, 2.05) is 62.0 Å². The molecule has 0 saturated carbocycles. The minimum absolute atomic E-state index is 0.133. The molecule has 1 fully saturated rings. The van der Waals surface area contributed by atoms with Crippen molar-refractivity contribution in [2.75, 3.05) is 39.8 Å². The predicted octanol–water partition coefficient (Wildman–Crippen LogP) is -0.328. The van der Waals surface area contributed by atoms with Crippen molar-refractivity contribution in [1.29, 1.82) is 0 Å². The molecule has 1 aromatic heterocycles. The van der Waals surface area contributed by atoms with Crippen LogP contribution in [0.15, 0.2) is 36.7 Å². The lowest BCUT2D eigenvalue weighted by Gasteiger charge is -2.30. The smallest absolute Gasteiger partial charge is 0.275 e. The molecule has 8 heteroatoms. The summed E-state index contributed by atoms with van der Waals surface area (Å²) in [6.07, 6.45) is 4.06. The Hall–Kier alpha value is -2.16. The highest BCUT2D eigenvalue weighted by Gasteiger charge is 2.26. The fraction of sp³-hybridized carbons (Fsp3) is 0.524. The molecule has 0 aliphatic carbocycles. The van der Waals surface area contributed by atoms with E-state index < -0.39 is 0 Å². The minimum atomic E-state index is -0.171. The second kappa shape index (κ2) is 9.11. The number of amides is 1. The van der Waals surface area contributed by atoms with Gasteiger partial charge >= 0.3 is 0 Å². The maximum Gasteiger partial charge on any atom is 0.275 e. The van der Waals surface area contributed by atoms with Gasteiger partial charge in [-0.05, 0) is 45.1 Å². The van der Waals surface area contributed by atoms with Crippen LogP contribution in [0.4, 0.5) is 0 Å². The zero-order valence-corrected chi connectivity index (χ0v) is 18.6. The summed E-state index contributed by atoms with van der Waals surface area (Å²) < 4.78 is 10.2. The van der Waals surface area contributed by atoms with E-state index in [1.165, 1.54) is 9.80 Å². The summed E-state index contributed by atoms with van der Waals surface area (Å²) in [5.41, 5.74) is 0.831. The van der Waals surface area contributed by atoms with Gasteiger partial charge in [0.25, 0.3) is 5.91 Å². The molecule has 0 unspecified atom stereocenters. The Morgan fingerprint density at radius 1 is 1.17 bits per heavy atom. The molecular formula is C21H33N5O2S+2. The second-order valence-electron chi connectivity index (χ2n) is 8.76. The normalized spacial score (nSPS) is 19.7. The van der Waals surface area contributed by atoms with Gasteiger partial charge in [0.1, 0.15) is 31.9 Å². The quantitative estimate of drug-likeness (QED) is 0.562. The number of hydrogen-bond acceptors (Lipinski definition) is 3. The van der Waals surface area contributed by atoms with E-state index in [9.17, 15) is 4.79 Å². The molecule has 1 aliphatic rings. The molecule has 3 N–H and O–H groups in total. The van der Waals surface area contributed by atoms with Crippen molar-refractivity contribution in [3.05, 3.63) is 41.4 Å². The van der Waals surface area contributed by atoms with Crippen LogP contribution in [0.2, 0.25) is 0 Å². The van der Waals surface area contributed by atoms with E-state index in [1.54, 1.807) is 7.11 Å². The number of benzene rings is 1. The first-order chi connectivity index (χ1) is 13.7. The fourth-order valence-corrected chi connectivity index (χ4v) is 4.00. The number of methoxy groups -OCH3 is 1. The van der Waals surface area contributed by atoms with Gasteiger partial charge in [-0.15, -0.1) is 0 Å². The summed E-state index contributed by atoms with van der Waals surface area (Å²) in [6, 6.07) is 7.91. The Kier molecular flexibility index (Phi) is 6.77. The molecule has 1 aromatic carbocycles. The molecule has 1 saturated heterocycles. The topological polar surface area (TPSA) is 57.1 Å². The van der Waals surface area contributed by atoms with Crippen molar-refractivity contribution < 1.29 is 19.3 Å². The summed E-state index contributed by atoms with van der Waals surface area (Å²) in [5.74, 6) is 0.950. The number of nitrogens with one attached hydrogen (secondary N) is 3. The Morgan fingerprint density at radius 2 is 1.86 bits per heavy atom. The van der Waals surface area contributed by atoms with E-state index in [4.69, 9.17) is 17.0 Å². The molecule has 0 spiro atoms. The number of carbonyl (C=O) groups excluding carboxylic acids is 1. The third-order valence-corrected chi connectivity index (χ3v) is 5.59. The molecule has 2 aromatic rings. The van der Waals surface area contributed by atoms with Gasteiger partial charge in [0, 0.05) is 24.0 Å². The number of aromatic nitrogens is 2. The van der Waals surface area contributed by atoms with Crippen LogP contribution in [0.3, 0.4) is 0 Å². The van der Waals surface area contributed by atoms with Gasteiger partial charge in [-0.1, -0.05) is 6.07 Å². The molecule has 1 aliphatic heterocycles. The van der Waals surface area contributed by atoms with Crippen molar-refractivity contribution in [3.63, 3.8) is 0 Å². The first-order valence-corrected chi connectivity index (χ1v) is 10.6. The van der Waals surface area contributed by atoms with E-state index in [0.29, 0.717) is 6.54 Å². The molecule has 0 bridgehead atoms. The van der Waals surface area contributed by atoms with Crippen LogP contribution in [-0.4, -0.2) is 60.4 Å². The number of nitrogens with zero attached hydrogens (tertiary/aromatic N) is 2. The number of rotatable bonds is 6. The van der Waals surface area contributed by atoms with Crippen LogP contribution in [0.25, 0.3) is 5.69 Å². The zero-order valence-electron chi connectivity index (χ0n) is 17.8. The molecule has 3 rings (SSSR count). The second-order valence-corrected chi connectivity index (χ2v) is 9.12. The van der Waals surface area contributed by atoms with Crippen LogP contribution in [0.1, 0.15) is 20.8 Å². The maximum absolute atomic E-state index is 12.2. The number of hydrogen-bond donors (Lipinski definition) is 3. The summed E-state index contributed by atoms with van der Waals surface area (Å²) in [4.78, 5) is 15.0. The number of ether oxygens (including phenoxy) is 1. The van der Waals surface area contributed by atoms with Gasteiger partial charge in [-0.25, -0.2) is 0 Å². The van der Waals surface area contributed by atoms with E-state index in [2.05, 4.69) is 9.88 Å². The highest BCUT2D eigenvalue weighted by Crippen LogP contribution is 2.17. The van der Waals surface area contributed by atoms with Crippen LogP contribution in [0, 0.1) is 4.77 Å². The average molecular weight is 420 g/mol. The summed E-state index contributed by atoms with van der Waals surface area (Å²) in [5, 5.41) is 3.06. The van der Waals surface area contributed by atoms with Crippen molar-refractivity contribution >= 4 is 18.1 Å². The maximum atomic E-state index is 12.2. The van der Waals surface area contributed by atoms with Crippen molar-refractivity contribution in [3.8, 4) is 11.4 Å². The van der Waals surface area contributed by atoms with Crippen LogP contribution < -0.4 is 19.9 Å². The standard InChI is InChI=1S/C21H31N5O2S/c1-21(2,3)22-19(27)15-23-8-10-24(11-9-23)16-25-12-13-26(20(25)29)17-6-5-7-18(14-17)28-4/h5-7,12-14H,8-11,15-16H2,1-4H3,(H,22,27)/p+2. The third kappa shape index (κ3) is 5.91. The SMILES string of the molecule is COc1cccc(-n2ccn(C[NH+]3CC[NH+](CC(=O)NC(C)(C)C)CC3)c2=S)c1. The first kappa shape index (κ1) is 21.5. The Labute approximate surface area is 177 Å². The molecular weight excluding hydrogens is 386 g/mol. The van der Waals surface area contributed by atoms with Crippen LogP contribution in [-0.2, 0) is 11.5 Å². The molecule has 158 valence electrons. The molecule has 0 atom stereocenters. The van der Waals surface area contributed by atoms with Crippen molar-refractivity contribution in [2.45, 2.75) is 33.0 Å². The van der Waals surface area contributed by atoms with Crippen LogP contribution in [0.5, 0.6) is 5.75 Å². The lowest BCUT2D eigenvalue weighted by atomic mass is 10.1. The highest BCUT2D eigenvalue weighted by atomic mass is 32.1. The zero-order chi connectivity index (χ0) is 21.0. The molecule has 0 radical (unpaired) electrons. The van der Waals surface area contributed by atoms with Crippen LogP contribution >= 0.6 is 12.2 Å². The summed E-state index contributed by atoms with van der Waals surface area (Å²) >= 11 is 5.70. The van der Waals surface area contributed by atoms with Gasteiger partial charge in [-0.3, -0.25) is 13.9 Å². The number of quaternary nitrogens is 2. The minimum Gasteiger partial charge on any atom is -0.497 e. The molecule has 1 amide bonds. The predicted molar refractivity (Wildman–Crippen MR) is 115 cm³/mol. The fourth-order valence-electron chi connectivity index (χ4n) is 3.71. The van der Waals surface area contributed by atoms with E-state index in [-0.39, 0.29) is 11.4 Å². The summed E-state index contributed by atoms with van der Waals surface area (Å²) in [7, 11) is 1.67.